The van der Waals surface area contributed by atoms with E-state index in [4.69, 9.17) is 0 Å². The van der Waals surface area contributed by atoms with Crippen molar-refractivity contribution < 1.29 is 5.11 Å². The summed E-state index contributed by atoms with van der Waals surface area (Å²) in [5, 5.41) is 16.6. The van der Waals surface area contributed by atoms with Crippen molar-refractivity contribution in [2.24, 2.45) is 7.05 Å². The molecule has 2 aromatic heterocycles. The molecule has 1 N–H and O–H groups in total. The second-order valence-corrected chi connectivity index (χ2v) is 5.32. The summed E-state index contributed by atoms with van der Waals surface area (Å²) in [7, 11) is 1.88. The Morgan fingerprint density at radius 2 is 2.31 bits per heavy atom. The Morgan fingerprint density at radius 1 is 1.56 bits per heavy atom. The highest BCUT2D eigenvalue weighted by molar-refractivity contribution is 7.10. The SMILES string of the molecule is Cc1ccsc1C(C)(O)Cc1cnn(C)c1. The van der Waals surface area contributed by atoms with Gasteiger partial charge in [-0.15, -0.1) is 11.3 Å². The van der Waals surface area contributed by atoms with E-state index >= 15 is 0 Å². The van der Waals surface area contributed by atoms with E-state index in [2.05, 4.69) is 5.10 Å². The van der Waals surface area contributed by atoms with Crippen molar-refractivity contribution in [1.29, 1.82) is 0 Å². The standard InChI is InChI=1S/C12H16N2OS/c1-9-4-5-16-11(9)12(2,15)6-10-7-13-14(3)8-10/h4-5,7-8,15H,6H2,1-3H3. The Labute approximate surface area is 99.4 Å². The van der Waals surface area contributed by atoms with Gasteiger partial charge in [0.2, 0.25) is 0 Å². The zero-order chi connectivity index (χ0) is 11.8. The molecule has 0 radical (unpaired) electrons. The normalized spacial score (nSPS) is 15.0. The maximum absolute atomic E-state index is 10.5. The molecule has 1 unspecified atom stereocenters. The average molecular weight is 236 g/mol. The summed E-state index contributed by atoms with van der Waals surface area (Å²) in [4.78, 5) is 1.04. The molecule has 0 fully saturated rings. The molecule has 0 aromatic carbocycles. The smallest absolute Gasteiger partial charge is 0.100 e. The van der Waals surface area contributed by atoms with Gasteiger partial charge in [-0.2, -0.15) is 5.10 Å². The van der Waals surface area contributed by atoms with E-state index in [9.17, 15) is 5.11 Å². The zero-order valence-corrected chi connectivity index (χ0v) is 10.6. The van der Waals surface area contributed by atoms with Crippen molar-refractivity contribution in [2.75, 3.05) is 0 Å². The number of nitrogens with zero attached hydrogens (tertiary/aromatic N) is 2. The Morgan fingerprint density at radius 3 is 2.81 bits per heavy atom. The van der Waals surface area contributed by atoms with Crippen LogP contribution in [0.2, 0.25) is 0 Å². The molecule has 2 heterocycles. The van der Waals surface area contributed by atoms with E-state index in [1.165, 1.54) is 0 Å². The van der Waals surface area contributed by atoms with Crippen LogP contribution >= 0.6 is 11.3 Å². The highest BCUT2D eigenvalue weighted by atomic mass is 32.1. The van der Waals surface area contributed by atoms with Gasteiger partial charge in [0, 0.05) is 24.5 Å². The largest absolute Gasteiger partial charge is 0.384 e. The third-order valence-corrected chi connectivity index (χ3v) is 3.93. The maximum atomic E-state index is 10.5. The first-order chi connectivity index (χ1) is 7.49. The van der Waals surface area contributed by atoms with E-state index in [-0.39, 0.29) is 0 Å². The van der Waals surface area contributed by atoms with Gasteiger partial charge >= 0.3 is 0 Å². The van der Waals surface area contributed by atoms with Gasteiger partial charge in [-0.1, -0.05) is 0 Å². The summed E-state index contributed by atoms with van der Waals surface area (Å²) >= 11 is 1.61. The number of hydrogen-bond acceptors (Lipinski definition) is 3. The van der Waals surface area contributed by atoms with Gasteiger partial charge in [0.25, 0.3) is 0 Å². The molecule has 0 saturated heterocycles. The van der Waals surface area contributed by atoms with Crippen LogP contribution in [0.5, 0.6) is 0 Å². The van der Waals surface area contributed by atoms with Crippen LogP contribution in [0.1, 0.15) is 22.9 Å². The number of thiophene rings is 1. The summed E-state index contributed by atoms with van der Waals surface area (Å²) in [6.07, 6.45) is 4.34. The van der Waals surface area contributed by atoms with Gasteiger partial charge in [0.15, 0.2) is 0 Å². The minimum absolute atomic E-state index is 0.599. The molecule has 0 bridgehead atoms. The molecule has 3 nitrogen and oxygen atoms in total. The maximum Gasteiger partial charge on any atom is 0.100 e. The van der Waals surface area contributed by atoms with Crippen LogP contribution in [-0.2, 0) is 19.1 Å². The van der Waals surface area contributed by atoms with Crippen LogP contribution in [-0.4, -0.2) is 14.9 Å². The third kappa shape index (κ3) is 2.18. The lowest BCUT2D eigenvalue weighted by Crippen LogP contribution is -2.23. The lowest BCUT2D eigenvalue weighted by Gasteiger charge is -2.22. The molecule has 1 atom stereocenters. The number of aryl methyl sites for hydroxylation is 2. The number of aromatic nitrogens is 2. The van der Waals surface area contributed by atoms with Gasteiger partial charge in [0.1, 0.15) is 5.60 Å². The molecule has 0 saturated carbocycles. The van der Waals surface area contributed by atoms with Gasteiger partial charge in [-0.3, -0.25) is 4.68 Å². The molecule has 0 spiro atoms. The summed E-state index contributed by atoms with van der Waals surface area (Å²) in [6, 6.07) is 2.04. The molecule has 16 heavy (non-hydrogen) atoms. The third-order valence-electron chi connectivity index (χ3n) is 2.66. The van der Waals surface area contributed by atoms with E-state index in [0.29, 0.717) is 6.42 Å². The van der Waals surface area contributed by atoms with Gasteiger partial charge < -0.3 is 5.11 Å². The van der Waals surface area contributed by atoms with Crippen LogP contribution in [0, 0.1) is 6.92 Å². The summed E-state index contributed by atoms with van der Waals surface area (Å²) in [5.41, 5.74) is 1.40. The van der Waals surface area contributed by atoms with E-state index in [1.807, 2.05) is 38.5 Å². The highest BCUT2D eigenvalue weighted by Crippen LogP contribution is 2.31. The van der Waals surface area contributed by atoms with Crippen molar-refractivity contribution in [3.8, 4) is 0 Å². The van der Waals surface area contributed by atoms with E-state index < -0.39 is 5.60 Å². The quantitative estimate of drug-likeness (QED) is 0.887. The molecule has 0 aliphatic rings. The minimum atomic E-state index is -0.804. The monoisotopic (exact) mass is 236 g/mol. The lowest BCUT2D eigenvalue weighted by molar-refractivity contribution is 0.0609. The zero-order valence-electron chi connectivity index (χ0n) is 9.77. The van der Waals surface area contributed by atoms with Crippen LogP contribution < -0.4 is 0 Å². The van der Waals surface area contributed by atoms with Gasteiger partial charge in [-0.05, 0) is 36.4 Å². The fraction of sp³-hybridized carbons (Fsp3) is 0.417. The molecule has 86 valence electrons. The number of hydrogen-bond donors (Lipinski definition) is 1. The first-order valence-corrected chi connectivity index (χ1v) is 6.11. The summed E-state index contributed by atoms with van der Waals surface area (Å²) in [6.45, 7) is 3.89. The topological polar surface area (TPSA) is 38.1 Å². The first kappa shape index (κ1) is 11.4. The van der Waals surface area contributed by atoms with Crippen LogP contribution in [0.4, 0.5) is 0 Å². The summed E-state index contributed by atoms with van der Waals surface area (Å²) < 4.78 is 1.76. The van der Waals surface area contributed by atoms with E-state index in [1.54, 1.807) is 22.2 Å². The van der Waals surface area contributed by atoms with Crippen molar-refractivity contribution in [1.82, 2.24) is 9.78 Å². The highest BCUT2D eigenvalue weighted by Gasteiger charge is 2.27. The fourth-order valence-electron chi connectivity index (χ4n) is 1.97. The van der Waals surface area contributed by atoms with Crippen molar-refractivity contribution in [3.05, 3.63) is 39.8 Å². The Kier molecular flexibility index (Phi) is 2.86. The van der Waals surface area contributed by atoms with Gasteiger partial charge in [-0.25, -0.2) is 0 Å². The number of rotatable bonds is 3. The molecule has 0 aliphatic heterocycles. The molecular weight excluding hydrogens is 220 g/mol. The molecule has 0 amide bonds. The number of aliphatic hydroxyl groups is 1. The lowest BCUT2D eigenvalue weighted by atomic mass is 9.95. The average Bonchev–Trinajstić information content (AvgIpc) is 2.74. The van der Waals surface area contributed by atoms with Crippen LogP contribution in [0.25, 0.3) is 0 Å². The second-order valence-electron chi connectivity index (χ2n) is 4.41. The van der Waals surface area contributed by atoms with Crippen molar-refractivity contribution in [3.63, 3.8) is 0 Å². The van der Waals surface area contributed by atoms with E-state index in [0.717, 1.165) is 16.0 Å². The fourth-order valence-corrected chi connectivity index (χ4v) is 2.95. The molecule has 4 heteroatoms. The second kappa shape index (κ2) is 4.03. The first-order valence-electron chi connectivity index (χ1n) is 5.23. The Hall–Kier alpha value is -1.13. The van der Waals surface area contributed by atoms with Crippen molar-refractivity contribution >= 4 is 11.3 Å². The van der Waals surface area contributed by atoms with Gasteiger partial charge in [0.05, 0.1) is 6.20 Å². The minimum Gasteiger partial charge on any atom is -0.384 e. The summed E-state index contributed by atoms with van der Waals surface area (Å²) in [5.74, 6) is 0. The Balaban J connectivity index is 2.23. The molecule has 2 rings (SSSR count). The molecular formula is C12H16N2OS. The van der Waals surface area contributed by atoms with Crippen LogP contribution in [0.15, 0.2) is 23.8 Å². The van der Waals surface area contributed by atoms with Crippen LogP contribution in [0.3, 0.4) is 0 Å². The molecule has 0 aliphatic carbocycles. The predicted molar refractivity (Wildman–Crippen MR) is 65.5 cm³/mol. The molecule has 2 aromatic rings. The van der Waals surface area contributed by atoms with Crippen molar-refractivity contribution in [2.45, 2.75) is 25.9 Å². The predicted octanol–water partition coefficient (Wildman–Crippen LogP) is 2.24. The Bertz CT molecular complexity index is 485.